The fraction of sp³-hybridized carbons (Fsp3) is 0.650. The maximum atomic E-state index is 5.15. The van der Waals surface area contributed by atoms with Crippen LogP contribution in [-0.4, -0.2) is 76.9 Å². The first-order chi connectivity index (χ1) is 12.5. The predicted molar refractivity (Wildman–Crippen MR) is 110 cm³/mol. The summed E-state index contributed by atoms with van der Waals surface area (Å²) in [5.41, 5.74) is 4.16. The molecule has 2 rings (SSSR count). The van der Waals surface area contributed by atoms with Crippen molar-refractivity contribution in [3.05, 3.63) is 29.3 Å². The van der Waals surface area contributed by atoms with E-state index >= 15 is 0 Å². The second kappa shape index (κ2) is 10.4. The Labute approximate surface area is 158 Å². The van der Waals surface area contributed by atoms with Crippen molar-refractivity contribution in [2.45, 2.75) is 26.8 Å². The summed E-state index contributed by atoms with van der Waals surface area (Å²) in [6.07, 6.45) is 0. The average molecular weight is 362 g/mol. The SMILES string of the molecule is CN=C(NCCN1CCN(c2cccc(C)c2C)CC1)NC(C)COC. The van der Waals surface area contributed by atoms with Gasteiger partial charge in [-0.3, -0.25) is 9.89 Å². The smallest absolute Gasteiger partial charge is 0.191 e. The van der Waals surface area contributed by atoms with Gasteiger partial charge < -0.3 is 20.3 Å². The highest BCUT2D eigenvalue weighted by Gasteiger charge is 2.18. The van der Waals surface area contributed by atoms with Gasteiger partial charge in [0.1, 0.15) is 0 Å². The molecular formula is C20H35N5O. The normalized spacial score (nSPS) is 17.3. The van der Waals surface area contributed by atoms with Crippen LogP contribution in [-0.2, 0) is 4.74 Å². The van der Waals surface area contributed by atoms with Crippen LogP contribution in [0.2, 0.25) is 0 Å². The lowest BCUT2D eigenvalue weighted by atomic mass is 10.1. The highest BCUT2D eigenvalue weighted by Crippen LogP contribution is 2.23. The number of rotatable bonds is 7. The van der Waals surface area contributed by atoms with E-state index in [1.807, 2.05) is 0 Å². The molecule has 1 aromatic carbocycles. The van der Waals surface area contributed by atoms with Gasteiger partial charge in [-0.2, -0.15) is 0 Å². The van der Waals surface area contributed by atoms with Crippen LogP contribution in [0.3, 0.4) is 0 Å². The van der Waals surface area contributed by atoms with Gasteiger partial charge in [0.05, 0.1) is 6.61 Å². The lowest BCUT2D eigenvalue weighted by molar-refractivity contribution is 0.179. The van der Waals surface area contributed by atoms with Gasteiger partial charge in [-0.1, -0.05) is 12.1 Å². The van der Waals surface area contributed by atoms with Crippen LogP contribution >= 0.6 is 0 Å². The minimum absolute atomic E-state index is 0.243. The van der Waals surface area contributed by atoms with Crippen molar-refractivity contribution in [1.29, 1.82) is 0 Å². The van der Waals surface area contributed by atoms with Gasteiger partial charge in [-0.15, -0.1) is 0 Å². The summed E-state index contributed by atoms with van der Waals surface area (Å²) in [7, 11) is 3.52. The number of benzene rings is 1. The monoisotopic (exact) mass is 361 g/mol. The highest BCUT2D eigenvalue weighted by atomic mass is 16.5. The Morgan fingerprint density at radius 2 is 1.96 bits per heavy atom. The van der Waals surface area contributed by atoms with E-state index in [2.05, 4.69) is 64.4 Å². The molecule has 0 aromatic heterocycles. The Kier molecular flexibility index (Phi) is 8.19. The fourth-order valence-electron chi connectivity index (χ4n) is 3.34. The lowest BCUT2D eigenvalue weighted by Gasteiger charge is -2.37. The van der Waals surface area contributed by atoms with Crippen molar-refractivity contribution in [2.75, 3.05) is 64.9 Å². The molecule has 1 unspecified atom stereocenters. The van der Waals surface area contributed by atoms with Gasteiger partial charge >= 0.3 is 0 Å². The Balaban J connectivity index is 1.73. The second-order valence-electron chi connectivity index (χ2n) is 7.05. The number of piperazine rings is 1. The van der Waals surface area contributed by atoms with E-state index in [1.165, 1.54) is 16.8 Å². The van der Waals surface area contributed by atoms with Gasteiger partial charge in [0.15, 0.2) is 5.96 Å². The molecule has 0 amide bonds. The van der Waals surface area contributed by atoms with E-state index in [4.69, 9.17) is 4.74 Å². The molecular weight excluding hydrogens is 326 g/mol. The molecule has 6 heteroatoms. The molecule has 0 spiro atoms. The molecule has 1 fully saturated rings. The van der Waals surface area contributed by atoms with Gasteiger partial charge in [-0.25, -0.2) is 0 Å². The Morgan fingerprint density at radius 3 is 2.62 bits per heavy atom. The average Bonchev–Trinajstić information content (AvgIpc) is 2.64. The quantitative estimate of drug-likeness (QED) is 0.571. The number of aliphatic imine (C=N–C) groups is 1. The fourth-order valence-corrected chi connectivity index (χ4v) is 3.34. The summed E-state index contributed by atoms with van der Waals surface area (Å²) in [5, 5.41) is 6.73. The van der Waals surface area contributed by atoms with Crippen LogP contribution in [0.25, 0.3) is 0 Å². The van der Waals surface area contributed by atoms with Crippen molar-refractivity contribution in [2.24, 2.45) is 4.99 Å². The first-order valence-corrected chi connectivity index (χ1v) is 9.54. The van der Waals surface area contributed by atoms with E-state index in [0.717, 1.165) is 45.2 Å². The van der Waals surface area contributed by atoms with Crippen molar-refractivity contribution in [3.8, 4) is 0 Å². The summed E-state index contributed by atoms with van der Waals surface area (Å²) in [6, 6.07) is 6.84. The largest absolute Gasteiger partial charge is 0.383 e. The molecule has 26 heavy (non-hydrogen) atoms. The second-order valence-corrected chi connectivity index (χ2v) is 7.05. The van der Waals surface area contributed by atoms with Crippen LogP contribution in [0.5, 0.6) is 0 Å². The molecule has 1 aliphatic rings. The highest BCUT2D eigenvalue weighted by molar-refractivity contribution is 5.79. The van der Waals surface area contributed by atoms with Crippen molar-refractivity contribution < 1.29 is 4.74 Å². The van der Waals surface area contributed by atoms with E-state index in [1.54, 1.807) is 14.2 Å². The number of methoxy groups -OCH3 is 1. The van der Waals surface area contributed by atoms with Crippen LogP contribution < -0.4 is 15.5 Å². The standard InChI is InChI=1S/C20H35N5O/c1-16-7-6-8-19(18(16)3)25-13-11-24(12-14-25)10-9-22-20(21-4)23-17(2)15-26-5/h6-8,17H,9-15H2,1-5H3,(H2,21,22,23). The molecule has 2 N–H and O–H groups in total. The number of anilines is 1. The topological polar surface area (TPSA) is 52.1 Å². The molecule has 6 nitrogen and oxygen atoms in total. The molecule has 0 saturated carbocycles. The molecule has 1 atom stereocenters. The number of hydrogen-bond acceptors (Lipinski definition) is 4. The maximum absolute atomic E-state index is 5.15. The number of nitrogens with zero attached hydrogens (tertiary/aromatic N) is 3. The third-order valence-electron chi connectivity index (χ3n) is 5.03. The number of guanidine groups is 1. The maximum Gasteiger partial charge on any atom is 0.191 e. The molecule has 1 heterocycles. The summed E-state index contributed by atoms with van der Waals surface area (Å²) in [6.45, 7) is 13.5. The minimum Gasteiger partial charge on any atom is -0.383 e. The van der Waals surface area contributed by atoms with Gasteiger partial charge in [0.2, 0.25) is 0 Å². The summed E-state index contributed by atoms with van der Waals surface area (Å²) < 4.78 is 5.15. The zero-order valence-electron chi connectivity index (χ0n) is 17.0. The van der Waals surface area contributed by atoms with Crippen molar-refractivity contribution in [1.82, 2.24) is 15.5 Å². The molecule has 0 bridgehead atoms. The number of hydrogen-bond donors (Lipinski definition) is 2. The number of aryl methyl sites for hydroxylation is 1. The zero-order chi connectivity index (χ0) is 18.9. The van der Waals surface area contributed by atoms with E-state index in [0.29, 0.717) is 6.61 Å². The first-order valence-electron chi connectivity index (χ1n) is 9.54. The first kappa shape index (κ1) is 20.5. The molecule has 146 valence electrons. The molecule has 1 aromatic rings. The van der Waals surface area contributed by atoms with Gasteiger partial charge in [0.25, 0.3) is 0 Å². The molecule has 1 saturated heterocycles. The van der Waals surface area contributed by atoms with Crippen molar-refractivity contribution >= 4 is 11.6 Å². The van der Waals surface area contributed by atoms with E-state index in [9.17, 15) is 0 Å². The number of nitrogens with one attached hydrogen (secondary N) is 2. The third-order valence-corrected chi connectivity index (χ3v) is 5.03. The van der Waals surface area contributed by atoms with Gasteiger partial charge in [-0.05, 0) is 38.0 Å². The van der Waals surface area contributed by atoms with Crippen LogP contribution in [0.1, 0.15) is 18.1 Å². The minimum atomic E-state index is 0.243. The Bertz CT molecular complexity index is 582. The van der Waals surface area contributed by atoms with E-state index in [-0.39, 0.29) is 6.04 Å². The predicted octanol–water partition coefficient (Wildman–Crippen LogP) is 1.63. The summed E-state index contributed by atoms with van der Waals surface area (Å²) in [4.78, 5) is 9.30. The lowest BCUT2D eigenvalue weighted by Crippen LogP contribution is -2.50. The molecule has 0 radical (unpaired) electrons. The van der Waals surface area contributed by atoms with Crippen molar-refractivity contribution in [3.63, 3.8) is 0 Å². The third kappa shape index (κ3) is 5.88. The van der Waals surface area contributed by atoms with Gasteiger partial charge in [0, 0.05) is 65.2 Å². The van der Waals surface area contributed by atoms with Crippen LogP contribution in [0, 0.1) is 13.8 Å². The summed E-state index contributed by atoms with van der Waals surface area (Å²) in [5.74, 6) is 0.837. The number of ether oxygens (including phenoxy) is 1. The van der Waals surface area contributed by atoms with Crippen LogP contribution in [0.4, 0.5) is 5.69 Å². The molecule has 0 aliphatic carbocycles. The summed E-state index contributed by atoms with van der Waals surface area (Å²) >= 11 is 0. The molecule has 1 aliphatic heterocycles. The Morgan fingerprint density at radius 1 is 1.23 bits per heavy atom. The zero-order valence-corrected chi connectivity index (χ0v) is 17.0. The van der Waals surface area contributed by atoms with Crippen LogP contribution in [0.15, 0.2) is 23.2 Å². The Hall–Kier alpha value is -1.79. The van der Waals surface area contributed by atoms with E-state index < -0.39 is 0 Å².